The maximum Gasteiger partial charge on any atom is 0.324 e. The zero-order chi connectivity index (χ0) is 39.7. The number of morpholine rings is 1. The molecule has 294 valence electrons. The SMILES string of the molecule is COc1ccc(-n2nc(C(C)C)cc2NC(=O)Nc2ccc(Oc3ccnc(NC(CN4CCOCC4OC)NC(=O)c4ccccc4)n3)c3ccccc23)cn1. The van der Waals surface area contributed by atoms with Crippen LogP contribution in [0.3, 0.4) is 0 Å². The van der Waals surface area contributed by atoms with Gasteiger partial charge < -0.3 is 34.9 Å². The third-order valence-corrected chi connectivity index (χ3v) is 9.24. The first-order valence-electron chi connectivity index (χ1n) is 18.5. The number of aromatic nitrogens is 5. The molecule has 3 amide bonds. The normalized spacial score (nSPS) is 14.9. The number of nitrogens with zero attached hydrogens (tertiary/aromatic N) is 6. The number of rotatable bonds is 14. The quantitative estimate of drug-likeness (QED) is 0.0917. The predicted octanol–water partition coefficient (Wildman–Crippen LogP) is 6.25. The van der Waals surface area contributed by atoms with Crippen molar-refractivity contribution in [1.82, 2.24) is 34.9 Å². The second-order valence-corrected chi connectivity index (χ2v) is 13.4. The molecule has 0 spiro atoms. The van der Waals surface area contributed by atoms with Gasteiger partial charge in [0, 0.05) is 60.9 Å². The number of hydrogen-bond acceptors (Lipinski definition) is 12. The van der Waals surface area contributed by atoms with Crippen molar-refractivity contribution < 1.29 is 28.5 Å². The maximum absolute atomic E-state index is 13.5. The van der Waals surface area contributed by atoms with Crippen molar-refractivity contribution in [3.63, 3.8) is 0 Å². The fraction of sp³-hybridized carbons (Fsp3) is 0.268. The molecule has 4 N–H and O–H groups in total. The molecular weight excluding hydrogens is 729 g/mol. The minimum atomic E-state index is -0.593. The Kier molecular flexibility index (Phi) is 12.1. The van der Waals surface area contributed by atoms with Crippen LogP contribution in [0.1, 0.15) is 35.8 Å². The van der Waals surface area contributed by atoms with Gasteiger partial charge in [0.15, 0.2) is 0 Å². The Balaban J connectivity index is 1.08. The summed E-state index contributed by atoms with van der Waals surface area (Å²) >= 11 is 0. The summed E-state index contributed by atoms with van der Waals surface area (Å²) in [6.07, 6.45) is 2.34. The van der Waals surface area contributed by atoms with E-state index in [0.717, 1.165) is 16.5 Å². The highest BCUT2D eigenvalue weighted by molar-refractivity contribution is 6.07. The van der Waals surface area contributed by atoms with Gasteiger partial charge in [-0.25, -0.2) is 19.4 Å². The Morgan fingerprint density at radius 1 is 0.912 bits per heavy atom. The largest absolute Gasteiger partial charge is 0.481 e. The number of urea groups is 1. The molecule has 16 nitrogen and oxygen atoms in total. The molecule has 1 aliphatic heterocycles. The third-order valence-electron chi connectivity index (χ3n) is 9.24. The third kappa shape index (κ3) is 9.44. The number of carbonyl (C=O) groups is 2. The Bertz CT molecular complexity index is 2300. The molecule has 2 atom stereocenters. The number of pyridine rings is 1. The summed E-state index contributed by atoms with van der Waals surface area (Å²) in [6, 6.07) is 26.7. The molecule has 1 fully saturated rings. The van der Waals surface area contributed by atoms with Crippen LogP contribution in [0.4, 0.5) is 22.2 Å². The summed E-state index contributed by atoms with van der Waals surface area (Å²) in [7, 11) is 3.18. The van der Waals surface area contributed by atoms with Gasteiger partial charge in [-0.1, -0.05) is 56.3 Å². The molecule has 57 heavy (non-hydrogen) atoms. The van der Waals surface area contributed by atoms with Crippen LogP contribution in [0.5, 0.6) is 17.5 Å². The van der Waals surface area contributed by atoms with Crippen LogP contribution in [0.2, 0.25) is 0 Å². The van der Waals surface area contributed by atoms with E-state index in [-0.39, 0.29) is 29.9 Å². The van der Waals surface area contributed by atoms with Crippen molar-refractivity contribution in [2.45, 2.75) is 32.2 Å². The first-order chi connectivity index (χ1) is 27.8. The van der Waals surface area contributed by atoms with Gasteiger partial charge in [-0.15, -0.1) is 0 Å². The lowest BCUT2D eigenvalue weighted by molar-refractivity contribution is -0.125. The van der Waals surface area contributed by atoms with Gasteiger partial charge in [0.1, 0.15) is 24.0 Å². The summed E-state index contributed by atoms with van der Waals surface area (Å²) in [5.41, 5.74) is 2.56. The van der Waals surface area contributed by atoms with E-state index >= 15 is 0 Å². The topological polar surface area (TPSA) is 179 Å². The molecule has 4 heterocycles. The Hall–Kier alpha value is -6.62. The minimum Gasteiger partial charge on any atom is -0.481 e. The van der Waals surface area contributed by atoms with E-state index in [2.05, 4.69) is 41.1 Å². The van der Waals surface area contributed by atoms with Crippen molar-refractivity contribution >= 4 is 40.2 Å². The molecule has 6 aromatic rings. The number of methoxy groups -OCH3 is 2. The molecule has 0 bridgehead atoms. The van der Waals surface area contributed by atoms with Gasteiger partial charge in [-0.3, -0.25) is 15.0 Å². The van der Waals surface area contributed by atoms with Crippen LogP contribution in [0, 0.1) is 0 Å². The summed E-state index contributed by atoms with van der Waals surface area (Å²) in [4.78, 5) is 42.2. The van der Waals surface area contributed by atoms with Crippen LogP contribution in [0.15, 0.2) is 103 Å². The van der Waals surface area contributed by atoms with E-state index in [1.807, 2.05) is 68.4 Å². The number of amides is 3. The number of ether oxygens (including phenoxy) is 4. The molecule has 3 aromatic heterocycles. The molecule has 1 aliphatic rings. The molecule has 16 heteroatoms. The van der Waals surface area contributed by atoms with E-state index in [1.54, 1.807) is 67.7 Å². The summed E-state index contributed by atoms with van der Waals surface area (Å²) < 4.78 is 24.4. The van der Waals surface area contributed by atoms with Crippen LogP contribution in [-0.4, -0.2) is 94.5 Å². The molecule has 0 aliphatic carbocycles. The molecule has 2 unspecified atom stereocenters. The van der Waals surface area contributed by atoms with E-state index in [4.69, 9.17) is 24.0 Å². The summed E-state index contributed by atoms with van der Waals surface area (Å²) in [6.45, 7) is 6.03. The first-order valence-corrected chi connectivity index (χ1v) is 18.5. The van der Waals surface area contributed by atoms with Crippen molar-refractivity contribution in [3.05, 3.63) is 115 Å². The van der Waals surface area contributed by atoms with Gasteiger partial charge in [-0.2, -0.15) is 10.1 Å². The minimum absolute atomic E-state index is 0.125. The molecule has 1 saturated heterocycles. The lowest BCUT2D eigenvalue weighted by atomic mass is 10.1. The van der Waals surface area contributed by atoms with E-state index < -0.39 is 12.2 Å². The van der Waals surface area contributed by atoms with Crippen molar-refractivity contribution in [2.24, 2.45) is 0 Å². The lowest BCUT2D eigenvalue weighted by Gasteiger charge is -2.36. The predicted molar refractivity (Wildman–Crippen MR) is 215 cm³/mol. The fourth-order valence-corrected chi connectivity index (χ4v) is 6.30. The van der Waals surface area contributed by atoms with Gasteiger partial charge in [0.05, 0.1) is 43.6 Å². The summed E-state index contributed by atoms with van der Waals surface area (Å²) in [5.74, 6) is 1.85. The second-order valence-electron chi connectivity index (χ2n) is 13.4. The van der Waals surface area contributed by atoms with Crippen molar-refractivity contribution in [1.29, 1.82) is 0 Å². The number of fused-ring (bicyclic) bond motifs is 1. The monoisotopic (exact) mass is 772 g/mol. The van der Waals surface area contributed by atoms with Gasteiger partial charge in [0.2, 0.25) is 17.7 Å². The maximum atomic E-state index is 13.5. The van der Waals surface area contributed by atoms with Gasteiger partial charge in [0.25, 0.3) is 5.91 Å². The number of nitrogens with one attached hydrogen (secondary N) is 4. The average molecular weight is 773 g/mol. The lowest BCUT2D eigenvalue weighted by Crippen LogP contribution is -2.55. The number of anilines is 3. The zero-order valence-corrected chi connectivity index (χ0v) is 32.0. The Morgan fingerprint density at radius 2 is 1.72 bits per heavy atom. The molecule has 0 saturated carbocycles. The first kappa shape index (κ1) is 38.6. The smallest absolute Gasteiger partial charge is 0.324 e. The second kappa shape index (κ2) is 17.9. The van der Waals surface area contributed by atoms with Crippen LogP contribution in [0.25, 0.3) is 16.5 Å². The van der Waals surface area contributed by atoms with Gasteiger partial charge >= 0.3 is 6.03 Å². The Morgan fingerprint density at radius 3 is 2.47 bits per heavy atom. The van der Waals surface area contributed by atoms with E-state index in [1.165, 1.54) is 0 Å². The highest BCUT2D eigenvalue weighted by Crippen LogP contribution is 2.34. The molecular formula is C41H44N10O6. The number of benzene rings is 3. The van der Waals surface area contributed by atoms with Crippen LogP contribution in [-0.2, 0) is 9.47 Å². The van der Waals surface area contributed by atoms with Crippen LogP contribution < -0.4 is 30.7 Å². The highest BCUT2D eigenvalue weighted by atomic mass is 16.5. The number of hydrogen-bond donors (Lipinski definition) is 4. The van der Waals surface area contributed by atoms with E-state index in [9.17, 15) is 9.59 Å². The molecule has 3 aromatic carbocycles. The standard InChI is InChI=1S/C41H44N10O6/c1-26(2)32-22-35(51(49-32)28-14-17-36(54-3)43-23-28)47-41(53)44-31-15-16-33(30-13-9-8-12-29(30)31)57-37-18-19-42-40(48-37)46-34(24-50-20-21-56-25-38(50)55-4)45-39(52)27-10-6-5-7-11-27/h5-19,22-23,26,34,38H,20-21,24-25H2,1-4H3,(H,45,52)(H,42,46,48)(H2,44,47,53). The highest BCUT2D eigenvalue weighted by Gasteiger charge is 2.27. The molecule has 7 rings (SSSR count). The average Bonchev–Trinajstić information content (AvgIpc) is 3.66. The number of carbonyl (C=O) groups excluding carboxylic acids is 2. The zero-order valence-electron chi connectivity index (χ0n) is 32.0. The molecule has 0 radical (unpaired) electrons. The van der Waals surface area contributed by atoms with Crippen molar-refractivity contribution in [2.75, 3.05) is 56.5 Å². The Labute approximate surface area is 329 Å². The van der Waals surface area contributed by atoms with Gasteiger partial charge in [-0.05, 0) is 36.2 Å². The van der Waals surface area contributed by atoms with E-state index in [0.29, 0.717) is 60.7 Å². The van der Waals surface area contributed by atoms with Crippen LogP contribution >= 0.6 is 0 Å². The van der Waals surface area contributed by atoms with Crippen molar-refractivity contribution in [3.8, 4) is 23.2 Å². The fourth-order valence-electron chi connectivity index (χ4n) is 6.30. The summed E-state index contributed by atoms with van der Waals surface area (Å²) in [5, 5.41) is 18.5.